The summed E-state index contributed by atoms with van der Waals surface area (Å²) in [6.45, 7) is 4.60. The zero-order chi connectivity index (χ0) is 35.4. The van der Waals surface area contributed by atoms with Crippen LogP contribution in [0.15, 0.2) is 158 Å². The van der Waals surface area contributed by atoms with Gasteiger partial charge in [0.05, 0.1) is 22.8 Å². The molecular formula is C49H32N4O+2. The Morgan fingerprint density at radius 3 is 1.96 bits per heavy atom. The summed E-state index contributed by atoms with van der Waals surface area (Å²) in [6.07, 6.45) is 2.28. The van der Waals surface area contributed by atoms with Crippen molar-refractivity contribution < 1.29 is 14.0 Å². The number of hydrogen-bond donors (Lipinski definition) is 0. The maximum absolute atomic E-state index is 6.90. The first-order valence-electron chi connectivity index (χ1n) is 18.7. The van der Waals surface area contributed by atoms with Crippen LogP contribution < -0.4 is 14.0 Å². The second-order valence-corrected chi connectivity index (χ2v) is 14.9. The molecule has 1 unspecified atom stereocenters. The van der Waals surface area contributed by atoms with Gasteiger partial charge < -0.3 is 4.74 Å². The van der Waals surface area contributed by atoms with Gasteiger partial charge in [0.15, 0.2) is 11.3 Å². The largest absolute Gasteiger partial charge is 0.456 e. The van der Waals surface area contributed by atoms with E-state index in [-0.39, 0.29) is 0 Å². The Labute approximate surface area is 310 Å². The van der Waals surface area contributed by atoms with Crippen LogP contribution in [0.4, 0.5) is 0 Å². The lowest BCUT2D eigenvalue weighted by Gasteiger charge is -2.33. The summed E-state index contributed by atoms with van der Waals surface area (Å²) in [6, 6.07) is 55.3. The molecule has 0 bridgehead atoms. The summed E-state index contributed by atoms with van der Waals surface area (Å²) in [5, 5.41) is 7.50. The maximum Gasteiger partial charge on any atom is 0.397 e. The molecule has 7 aromatic carbocycles. The molecule has 6 heterocycles. The minimum absolute atomic E-state index is 0.730. The Kier molecular flexibility index (Phi) is 5.14. The van der Waals surface area contributed by atoms with Gasteiger partial charge >= 0.3 is 11.3 Å². The SMILES string of the molecule is Cc1c(-c2ccc(-c3cccc4ccccc34)c3ccccc23)c(C)[n+]2n1-c1cccc3c1C21c2c(cccc2-n2c4ccccc4c4ccc[n+]1c42)O3. The molecular weight excluding hydrogens is 661 g/mol. The highest BCUT2D eigenvalue weighted by Crippen LogP contribution is 2.55. The first-order chi connectivity index (χ1) is 26.7. The number of benzene rings is 7. The fraction of sp³-hybridized carbons (Fsp3) is 0.0612. The molecule has 13 rings (SSSR count). The van der Waals surface area contributed by atoms with Crippen LogP contribution in [0.1, 0.15) is 22.5 Å². The highest BCUT2D eigenvalue weighted by molar-refractivity contribution is 6.10. The lowest BCUT2D eigenvalue weighted by molar-refractivity contribution is -0.990. The van der Waals surface area contributed by atoms with Crippen molar-refractivity contribution in [2.45, 2.75) is 19.5 Å². The van der Waals surface area contributed by atoms with E-state index in [9.17, 15) is 0 Å². The first kappa shape index (κ1) is 28.6. The fourth-order valence-corrected chi connectivity index (χ4v) is 10.6. The Morgan fingerprint density at radius 1 is 0.519 bits per heavy atom. The number of ether oxygens (including phenoxy) is 1. The minimum Gasteiger partial charge on any atom is -0.456 e. The fourth-order valence-electron chi connectivity index (χ4n) is 10.6. The molecule has 1 spiro atoms. The average Bonchev–Trinajstić information content (AvgIpc) is 3.82. The molecule has 252 valence electrons. The van der Waals surface area contributed by atoms with Crippen molar-refractivity contribution in [3.8, 4) is 45.1 Å². The van der Waals surface area contributed by atoms with Crippen LogP contribution in [0.2, 0.25) is 0 Å². The van der Waals surface area contributed by atoms with E-state index >= 15 is 0 Å². The van der Waals surface area contributed by atoms with Gasteiger partial charge in [-0.15, -0.1) is 4.68 Å². The van der Waals surface area contributed by atoms with Crippen molar-refractivity contribution in [3.05, 3.63) is 180 Å². The Bertz CT molecular complexity index is 3340. The van der Waals surface area contributed by atoms with Gasteiger partial charge in [-0.3, -0.25) is 0 Å². The zero-order valence-corrected chi connectivity index (χ0v) is 29.7. The van der Waals surface area contributed by atoms with Crippen LogP contribution in [-0.2, 0) is 5.66 Å². The van der Waals surface area contributed by atoms with Crippen LogP contribution in [0, 0.1) is 13.8 Å². The number of rotatable bonds is 2. The molecule has 0 fully saturated rings. The second-order valence-electron chi connectivity index (χ2n) is 14.9. The van der Waals surface area contributed by atoms with Gasteiger partial charge in [-0.1, -0.05) is 108 Å². The predicted molar refractivity (Wildman–Crippen MR) is 214 cm³/mol. The summed E-state index contributed by atoms with van der Waals surface area (Å²) in [7, 11) is 0. The van der Waals surface area contributed by atoms with E-state index in [0.29, 0.717) is 0 Å². The van der Waals surface area contributed by atoms with Crippen molar-refractivity contribution >= 4 is 43.5 Å². The third-order valence-electron chi connectivity index (χ3n) is 12.5. The van der Waals surface area contributed by atoms with Crippen molar-refractivity contribution in [2.24, 2.45) is 0 Å². The molecule has 5 heteroatoms. The van der Waals surface area contributed by atoms with Gasteiger partial charge in [0.25, 0.3) is 0 Å². The summed E-state index contributed by atoms with van der Waals surface area (Å²) < 4.78 is 16.9. The van der Waals surface area contributed by atoms with Gasteiger partial charge in [0.1, 0.15) is 28.3 Å². The standard InChI is InChI=1S/C49H32N4O/c1-29-45(38-27-26-36(34-16-5-6-17-35(34)38)33-19-9-14-31-13-3-4-15-32(31)33)30(2)53-49-46-41(22-10-24-43(46)54-44-25-11-23-42(47(44)49)52(29)53)51-40-21-8-7-18-37(40)39-20-12-28-50(49)48(39)51/h3-28H,1-2H3/q+2. The summed E-state index contributed by atoms with van der Waals surface area (Å²) in [5.74, 6) is 1.78. The van der Waals surface area contributed by atoms with Crippen LogP contribution in [0.5, 0.6) is 11.5 Å². The van der Waals surface area contributed by atoms with Crippen molar-refractivity contribution in [1.29, 1.82) is 0 Å². The molecule has 54 heavy (non-hydrogen) atoms. The molecule has 3 aliphatic heterocycles. The molecule has 3 aliphatic rings. The van der Waals surface area contributed by atoms with E-state index in [2.05, 4.69) is 190 Å². The van der Waals surface area contributed by atoms with Crippen molar-refractivity contribution in [2.75, 3.05) is 0 Å². The van der Waals surface area contributed by atoms with Gasteiger partial charge in [-0.2, -0.15) is 9.13 Å². The minimum atomic E-state index is -0.730. The molecule has 0 saturated heterocycles. The Hall–Kier alpha value is -6.98. The molecule has 0 saturated carbocycles. The number of fused-ring (bicyclic) bond motifs is 8. The Balaban J connectivity index is 1.16. The van der Waals surface area contributed by atoms with E-state index < -0.39 is 5.66 Å². The summed E-state index contributed by atoms with van der Waals surface area (Å²) in [4.78, 5) is 0. The van der Waals surface area contributed by atoms with Crippen LogP contribution in [0.3, 0.4) is 0 Å². The third kappa shape index (κ3) is 3.13. The molecule has 0 N–H and O–H groups in total. The van der Waals surface area contributed by atoms with Gasteiger partial charge in [-0.25, -0.2) is 0 Å². The highest BCUT2D eigenvalue weighted by atomic mass is 16.5. The van der Waals surface area contributed by atoms with E-state index in [1.807, 2.05) is 0 Å². The second kappa shape index (κ2) is 9.71. The summed E-state index contributed by atoms with van der Waals surface area (Å²) >= 11 is 0. The lowest BCUT2D eigenvalue weighted by Crippen LogP contribution is -2.77. The maximum atomic E-state index is 6.90. The lowest BCUT2D eigenvalue weighted by atomic mass is 9.83. The monoisotopic (exact) mass is 692 g/mol. The predicted octanol–water partition coefficient (Wildman–Crippen LogP) is 10.4. The number of hydrogen-bond acceptors (Lipinski definition) is 1. The molecule has 0 aliphatic carbocycles. The summed E-state index contributed by atoms with van der Waals surface area (Å²) in [5.41, 5.74) is 13.7. The third-order valence-corrected chi connectivity index (χ3v) is 12.5. The molecule has 3 aromatic heterocycles. The highest BCUT2D eigenvalue weighted by Gasteiger charge is 2.70. The average molecular weight is 693 g/mol. The molecule has 0 radical (unpaired) electrons. The number of aromatic nitrogens is 4. The topological polar surface area (TPSA) is 26.8 Å². The van der Waals surface area contributed by atoms with Crippen molar-refractivity contribution in [3.63, 3.8) is 0 Å². The normalized spacial score (nSPS) is 15.8. The van der Waals surface area contributed by atoms with E-state index in [4.69, 9.17) is 4.74 Å². The Morgan fingerprint density at radius 2 is 1.13 bits per heavy atom. The van der Waals surface area contributed by atoms with E-state index in [1.165, 1.54) is 82.7 Å². The number of para-hydroxylation sites is 1. The van der Waals surface area contributed by atoms with Gasteiger partial charge in [-0.05, 0) is 93.7 Å². The zero-order valence-electron chi connectivity index (χ0n) is 29.7. The van der Waals surface area contributed by atoms with E-state index in [1.54, 1.807) is 0 Å². The van der Waals surface area contributed by atoms with Crippen LogP contribution in [-0.4, -0.2) is 9.25 Å². The van der Waals surface area contributed by atoms with Gasteiger partial charge in [0.2, 0.25) is 5.69 Å². The molecule has 1 atom stereocenters. The molecule has 0 amide bonds. The quantitative estimate of drug-likeness (QED) is 0.166. The number of pyridine rings is 1. The first-order valence-corrected chi connectivity index (χ1v) is 18.7. The van der Waals surface area contributed by atoms with Crippen molar-refractivity contribution in [1.82, 2.24) is 9.25 Å². The smallest absolute Gasteiger partial charge is 0.397 e. The molecule has 5 nitrogen and oxygen atoms in total. The van der Waals surface area contributed by atoms with Crippen LogP contribution in [0.25, 0.3) is 77.1 Å². The van der Waals surface area contributed by atoms with E-state index in [0.717, 1.165) is 28.4 Å². The van der Waals surface area contributed by atoms with Crippen LogP contribution >= 0.6 is 0 Å². The number of nitrogens with zero attached hydrogens (tertiary/aromatic N) is 4. The molecule has 10 aromatic rings. The van der Waals surface area contributed by atoms with Gasteiger partial charge in [0, 0.05) is 12.3 Å².